The zero-order chi connectivity index (χ0) is 12.0. The van der Waals surface area contributed by atoms with E-state index in [2.05, 4.69) is 10.0 Å². The lowest BCUT2D eigenvalue weighted by Crippen LogP contribution is -2.48. The van der Waals surface area contributed by atoms with Gasteiger partial charge in [-0.05, 0) is 10.6 Å². The fourth-order valence-corrected chi connectivity index (χ4v) is 0.772. The number of carbonyl (C=O) groups excluding carboxylic acids is 1. The molecule has 1 amide bonds. The summed E-state index contributed by atoms with van der Waals surface area (Å²) < 4.78 is 0. The van der Waals surface area contributed by atoms with E-state index in [1.807, 2.05) is 0 Å². The van der Waals surface area contributed by atoms with E-state index in [-0.39, 0.29) is 0 Å². The molecule has 0 unspecified atom stereocenters. The van der Waals surface area contributed by atoms with Crippen LogP contribution in [-0.2, 0) is 4.79 Å². The molecule has 0 fully saturated rings. The summed E-state index contributed by atoms with van der Waals surface area (Å²) in [5.41, 5.74) is 7.85. The molecule has 0 spiro atoms. The number of nitrogens with zero attached hydrogens (tertiary/aromatic N) is 3. The molecule has 0 aromatic carbocycles. The van der Waals surface area contributed by atoms with E-state index in [1.54, 1.807) is 0 Å². The van der Waals surface area contributed by atoms with E-state index in [0.29, 0.717) is 0 Å². The number of amides is 1. The molecule has 15 heavy (non-hydrogen) atoms. The zero-order valence-electron chi connectivity index (χ0n) is 7.50. The predicted octanol–water partition coefficient (Wildman–Crippen LogP) is -2.74. The number of hydrogen-bond donors (Lipinski definition) is 5. The second kappa shape index (κ2) is 6.30. The summed E-state index contributed by atoms with van der Waals surface area (Å²) in [6.07, 6.45) is -7.85. The van der Waals surface area contributed by atoms with Crippen molar-refractivity contribution >= 4 is 5.91 Å². The van der Waals surface area contributed by atoms with Crippen LogP contribution in [-0.4, -0.2) is 62.5 Å². The number of carbonyl (C=O) groups is 1. The van der Waals surface area contributed by atoms with Crippen molar-refractivity contribution in [1.29, 1.82) is 0 Å². The van der Waals surface area contributed by atoms with Crippen molar-refractivity contribution in [3.63, 3.8) is 0 Å². The molecule has 0 rings (SSSR count). The van der Waals surface area contributed by atoms with Gasteiger partial charge in [0, 0.05) is 4.91 Å². The lowest BCUT2D eigenvalue weighted by atomic mass is 10.0. The van der Waals surface area contributed by atoms with Crippen LogP contribution in [0.15, 0.2) is 5.11 Å². The van der Waals surface area contributed by atoms with E-state index < -0.39 is 36.9 Å². The summed E-state index contributed by atoms with van der Waals surface area (Å²) in [6, 6.07) is 0. The summed E-state index contributed by atoms with van der Waals surface area (Å²) in [6.45, 7) is -0.860. The second-order valence-electron chi connectivity index (χ2n) is 2.70. The van der Waals surface area contributed by atoms with E-state index in [4.69, 9.17) is 31.1 Å². The highest BCUT2D eigenvalue weighted by molar-refractivity contribution is 5.81. The third-order valence-corrected chi connectivity index (χ3v) is 1.65. The molecule has 0 aromatic rings. The standard InChI is InChI=1S/C6H11N3O6/c7-9-8-6(15)5(14)4(13)3(12)2(11)1-10/h2-5,10-14H,1H2/t2-,3+,4+,5-/m1/s1. The van der Waals surface area contributed by atoms with Crippen molar-refractivity contribution in [2.45, 2.75) is 24.4 Å². The Balaban J connectivity index is 4.49. The Morgan fingerprint density at radius 1 is 1.27 bits per heavy atom. The smallest absolute Gasteiger partial charge is 0.250 e. The van der Waals surface area contributed by atoms with Gasteiger partial charge in [0.1, 0.15) is 24.4 Å². The number of hydrogen-bond acceptors (Lipinski definition) is 6. The van der Waals surface area contributed by atoms with Crippen molar-refractivity contribution in [2.24, 2.45) is 5.11 Å². The average molecular weight is 221 g/mol. The first-order valence-corrected chi connectivity index (χ1v) is 3.87. The first-order chi connectivity index (χ1) is 6.95. The highest BCUT2D eigenvalue weighted by Gasteiger charge is 2.33. The average Bonchev–Trinajstić information content (AvgIpc) is 2.25. The fourth-order valence-electron chi connectivity index (χ4n) is 0.772. The van der Waals surface area contributed by atoms with Crippen LogP contribution < -0.4 is 0 Å². The summed E-state index contributed by atoms with van der Waals surface area (Å²) >= 11 is 0. The molecule has 0 saturated heterocycles. The first kappa shape index (κ1) is 13.8. The first-order valence-electron chi connectivity index (χ1n) is 3.87. The number of rotatable bonds is 5. The quantitative estimate of drug-likeness (QED) is 0.192. The number of aliphatic hydroxyl groups is 5. The molecule has 0 bridgehead atoms. The van der Waals surface area contributed by atoms with Gasteiger partial charge in [0.05, 0.1) is 6.61 Å². The van der Waals surface area contributed by atoms with Crippen LogP contribution >= 0.6 is 0 Å². The minimum absolute atomic E-state index is 0.860. The van der Waals surface area contributed by atoms with Gasteiger partial charge < -0.3 is 25.5 Å². The van der Waals surface area contributed by atoms with Crippen LogP contribution in [0.25, 0.3) is 10.4 Å². The Hall–Kier alpha value is -1.22. The Morgan fingerprint density at radius 3 is 2.20 bits per heavy atom. The number of azide groups is 1. The van der Waals surface area contributed by atoms with Gasteiger partial charge >= 0.3 is 0 Å². The third-order valence-electron chi connectivity index (χ3n) is 1.65. The van der Waals surface area contributed by atoms with Crippen LogP contribution in [0.1, 0.15) is 0 Å². The summed E-state index contributed by atoms with van der Waals surface area (Å²) in [5.74, 6) is -1.39. The Bertz CT molecular complexity index is 266. The Morgan fingerprint density at radius 2 is 1.80 bits per heavy atom. The van der Waals surface area contributed by atoms with Gasteiger partial charge in [-0.15, -0.1) is 0 Å². The van der Waals surface area contributed by atoms with Gasteiger partial charge in [0.25, 0.3) is 0 Å². The van der Waals surface area contributed by atoms with Gasteiger partial charge in [0.15, 0.2) is 0 Å². The molecule has 9 nitrogen and oxygen atoms in total. The SMILES string of the molecule is [N-]=[N+]=NC(=O)[C@H](O)[C@@H](O)[C@@H](O)[C@H](O)CO. The monoisotopic (exact) mass is 221 g/mol. The van der Waals surface area contributed by atoms with Gasteiger partial charge in [-0.2, -0.15) is 0 Å². The highest BCUT2D eigenvalue weighted by Crippen LogP contribution is 2.06. The minimum atomic E-state index is -2.16. The molecule has 9 heteroatoms. The maximum atomic E-state index is 10.7. The maximum absolute atomic E-state index is 10.7. The molecule has 4 atom stereocenters. The van der Waals surface area contributed by atoms with Crippen LogP contribution in [0.2, 0.25) is 0 Å². The molecule has 86 valence electrons. The second-order valence-corrected chi connectivity index (χ2v) is 2.70. The fraction of sp³-hybridized carbons (Fsp3) is 0.833. The van der Waals surface area contributed by atoms with Gasteiger partial charge in [0.2, 0.25) is 5.91 Å². The normalized spacial score (nSPS) is 18.5. The van der Waals surface area contributed by atoms with Crippen molar-refractivity contribution in [3.05, 3.63) is 10.4 Å². The van der Waals surface area contributed by atoms with Gasteiger partial charge in [-0.1, -0.05) is 0 Å². The molecular formula is C6H11N3O6. The van der Waals surface area contributed by atoms with Crippen molar-refractivity contribution < 1.29 is 30.3 Å². The molecule has 0 aromatic heterocycles. The van der Waals surface area contributed by atoms with Crippen molar-refractivity contribution in [3.8, 4) is 0 Å². The van der Waals surface area contributed by atoms with E-state index in [9.17, 15) is 4.79 Å². The highest BCUT2D eigenvalue weighted by atomic mass is 16.4. The van der Waals surface area contributed by atoms with E-state index in [1.165, 1.54) is 0 Å². The van der Waals surface area contributed by atoms with Gasteiger partial charge in [-0.3, -0.25) is 4.79 Å². The third kappa shape index (κ3) is 3.80. The van der Waals surface area contributed by atoms with Crippen molar-refractivity contribution in [1.82, 2.24) is 0 Å². The Kier molecular flexibility index (Phi) is 5.79. The van der Waals surface area contributed by atoms with E-state index >= 15 is 0 Å². The summed E-state index contributed by atoms with van der Waals surface area (Å²) in [5, 5.41) is 47.0. The molecule has 0 aliphatic heterocycles. The molecular weight excluding hydrogens is 210 g/mol. The molecule has 0 radical (unpaired) electrons. The molecule has 0 aliphatic carbocycles. The summed E-state index contributed by atoms with van der Waals surface area (Å²) in [7, 11) is 0. The van der Waals surface area contributed by atoms with Crippen LogP contribution in [0.3, 0.4) is 0 Å². The number of aliphatic hydroxyl groups excluding tert-OH is 5. The largest absolute Gasteiger partial charge is 0.394 e. The topological polar surface area (TPSA) is 167 Å². The van der Waals surface area contributed by atoms with Crippen LogP contribution in [0, 0.1) is 0 Å². The molecule has 0 saturated carbocycles. The van der Waals surface area contributed by atoms with Crippen LogP contribution in [0.4, 0.5) is 0 Å². The molecule has 0 aliphatic rings. The Labute approximate surface area is 83.8 Å². The summed E-state index contributed by atoms with van der Waals surface area (Å²) in [4.78, 5) is 12.8. The van der Waals surface area contributed by atoms with Crippen molar-refractivity contribution in [2.75, 3.05) is 6.61 Å². The molecule has 0 heterocycles. The van der Waals surface area contributed by atoms with E-state index in [0.717, 1.165) is 0 Å². The van der Waals surface area contributed by atoms with Gasteiger partial charge in [-0.25, -0.2) is 0 Å². The molecule has 5 N–H and O–H groups in total. The minimum Gasteiger partial charge on any atom is -0.394 e. The maximum Gasteiger partial charge on any atom is 0.250 e. The lowest BCUT2D eigenvalue weighted by molar-refractivity contribution is -0.145. The predicted molar refractivity (Wildman–Crippen MR) is 45.3 cm³/mol. The van der Waals surface area contributed by atoms with Crippen LogP contribution in [0.5, 0.6) is 0 Å². The zero-order valence-corrected chi connectivity index (χ0v) is 7.50. The lowest BCUT2D eigenvalue weighted by Gasteiger charge is -2.23.